The van der Waals surface area contributed by atoms with Crippen LogP contribution in [0.25, 0.3) is 0 Å². The monoisotopic (exact) mass is 224 g/mol. The van der Waals surface area contributed by atoms with Crippen LogP contribution in [-0.4, -0.2) is 21.4 Å². The van der Waals surface area contributed by atoms with Crippen LogP contribution >= 0.6 is 0 Å². The van der Waals surface area contributed by atoms with Crippen molar-refractivity contribution in [3.63, 3.8) is 0 Å². The molecule has 3 fully saturated rings. The Kier molecular flexibility index (Phi) is 2.38. The van der Waals surface area contributed by atoms with Gasteiger partial charge in [-0.15, -0.1) is 0 Å². The zero-order chi connectivity index (χ0) is 11.4. The van der Waals surface area contributed by atoms with Gasteiger partial charge in [0.25, 0.3) is 0 Å². The second-order valence-corrected chi connectivity index (χ2v) is 6.68. The van der Waals surface area contributed by atoms with E-state index in [2.05, 4.69) is 6.92 Å². The van der Waals surface area contributed by atoms with Crippen molar-refractivity contribution in [2.45, 2.75) is 69.5 Å². The minimum atomic E-state index is -0.390. The van der Waals surface area contributed by atoms with E-state index in [1.54, 1.807) is 0 Å². The minimum absolute atomic E-state index is 0.334. The summed E-state index contributed by atoms with van der Waals surface area (Å²) >= 11 is 0. The van der Waals surface area contributed by atoms with Crippen LogP contribution in [0.5, 0.6) is 0 Å². The van der Waals surface area contributed by atoms with E-state index in [0.717, 1.165) is 51.4 Å². The van der Waals surface area contributed by atoms with Crippen LogP contribution in [0.1, 0.15) is 58.3 Å². The Bertz CT molecular complexity index is 268. The zero-order valence-corrected chi connectivity index (χ0v) is 10.3. The molecule has 0 heterocycles. The predicted molar refractivity (Wildman–Crippen MR) is 63.0 cm³/mol. The molecule has 0 aromatic rings. The highest BCUT2D eigenvalue weighted by Gasteiger charge is 2.52. The molecule has 3 aliphatic rings. The quantitative estimate of drug-likeness (QED) is 0.718. The van der Waals surface area contributed by atoms with Gasteiger partial charge in [0.05, 0.1) is 11.2 Å². The van der Waals surface area contributed by atoms with Crippen molar-refractivity contribution < 1.29 is 10.2 Å². The topological polar surface area (TPSA) is 40.5 Å². The fourth-order valence-corrected chi connectivity index (χ4v) is 4.68. The summed E-state index contributed by atoms with van der Waals surface area (Å²) in [4.78, 5) is 0. The maximum atomic E-state index is 10.5. The molecule has 0 aromatic heterocycles. The molecule has 0 radical (unpaired) electrons. The van der Waals surface area contributed by atoms with E-state index in [-0.39, 0.29) is 5.60 Å². The first kappa shape index (κ1) is 11.0. The van der Waals surface area contributed by atoms with Gasteiger partial charge < -0.3 is 10.2 Å². The second kappa shape index (κ2) is 3.46. The molecule has 0 saturated heterocycles. The van der Waals surface area contributed by atoms with Crippen molar-refractivity contribution in [2.24, 2.45) is 17.8 Å². The number of hydrogen-bond donors (Lipinski definition) is 2. The fourth-order valence-electron chi connectivity index (χ4n) is 4.68. The molecule has 3 saturated carbocycles. The molecule has 0 amide bonds. The average molecular weight is 224 g/mol. The highest BCUT2D eigenvalue weighted by atomic mass is 16.3. The average Bonchev–Trinajstić information content (AvgIpc) is 2.28. The molecule has 2 bridgehead atoms. The van der Waals surface area contributed by atoms with E-state index in [4.69, 9.17) is 0 Å². The molecular weight excluding hydrogens is 200 g/mol. The summed E-state index contributed by atoms with van der Waals surface area (Å²) in [5, 5.41) is 20.9. The van der Waals surface area contributed by atoms with Crippen LogP contribution in [0.15, 0.2) is 0 Å². The van der Waals surface area contributed by atoms with Crippen LogP contribution in [0, 0.1) is 17.8 Å². The lowest BCUT2D eigenvalue weighted by Gasteiger charge is -2.55. The maximum Gasteiger partial charge on any atom is 0.0650 e. The molecule has 92 valence electrons. The maximum absolute atomic E-state index is 10.5. The van der Waals surface area contributed by atoms with Gasteiger partial charge in [-0.2, -0.15) is 0 Å². The molecule has 2 atom stereocenters. The van der Waals surface area contributed by atoms with E-state index in [1.165, 1.54) is 0 Å². The molecule has 2 N–H and O–H groups in total. The number of hydrogen-bond acceptors (Lipinski definition) is 2. The summed E-state index contributed by atoms with van der Waals surface area (Å²) in [6.45, 7) is 2.11. The zero-order valence-electron chi connectivity index (χ0n) is 10.3. The SMILES string of the molecule is CCC1(O)CC2CCC3(O)CCC(C1)C2C3. The summed E-state index contributed by atoms with van der Waals surface area (Å²) in [5.41, 5.74) is -0.724. The number of rotatable bonds is 1. The van der Waals surface area contributed by atoms with Gasteiger partial charge in [-0.3, -0.25) is 0 Å². The van der Waals surface area contributed by atoms with Crippen molar-refractivity contribution in [3.05, 3.63) is 0 Å². The lowest BCUT2D eigenvalue weighted by Crippen LogP contribution is -2.53. The van der Waals surface area contributed by atoms with Crippen molar-refractivity contribution in [1.29, 1.82) is 0 Å². The normalized spacial score (nSPS) is 56.1. The Hall–Kier alpha value is -0.0800. The van der Waals surface area contributed by atoms with E-state index in [1.807, 2.05) is 0 Å². The largest absolute Gasteiger partial charge is 0.390 e. The summed E-state index contributed by atoms with van der Waals surface area (Å²) in [6, 6.07) is 0. The third-order valence-corrected chi connectivity index (χ3v) is 5.73. The number of fused-ring (bicyclic) bond motifs is 1. The van der Waals surface area contributed by atoms with E-state index in [0.29, 0.717) is 17.8 Å². The molecule has 16 heavy (non-hydrogen) atoms. The number of aliphatic hydroxyl groups is 2. The van der Waals surface area contributed by atoms with Gasteiger partial charge in [0, 0.05) is 0 Å². The van der Waals surface area contributed by atoms with Crippen molar-refractivity contribution in [2.75, 3.05) is 0 Å². The molecule has 0 spiro atoms. The van der Waals surface area contributed by atoms with Crippen LogP contribution in [0.2, 0.25) is 0 Å². The standard InChI is InChI=1S/C14H24O2/c1-2-13(15)7-10-3-5-14(16)6-4-11(8-13)12(10)9-14/h10-12,15-16H,2-9H2,1H3. The second-order valence-electron chi connectivity index (χ2n) is 6.68. The van der Waals surface area contributed by atoms with Crippen molar-refractivity contribution in [1.82, 2.24) is 0 Å². The minimum Gasteiger partial charge on any atom is -0.390 e. The molecule has 2 nitrogen and oxygen atoms in total. The van der Waals surface area contributed by atoms with Crippen LogP contribution in [0.4, 0.5) is 0 Å². The molecule has 0 aliphatic heterocycles. The summed E-state index contributed by atoms with van der Waals surface area (Å²) < 4.78 is 0. The Balaban J connectivity index is 1.83. The third-order valence-electron chi connectivity index (χ3n) is 5.73. The predicted octanol–water partition coefficient (Wildman–Crippen LogP) is 2.48. The summed E-state index contributed by atoms with van der Waals surface area (Å²) in [7, 11) is 0. The van der Waals surface area contributed by atoms with Crippen molar-refractivity contribution in [3.8, 4) is 0 Å². The van der Waals surface area contributed by atoms with Gasteiger partial charge >= 0.3 is 0 Å². The molecule has 3 aliphatic carbocycles. The Morgan fingerprint density at radius 1 is 1.00 bits per heavy atom. The first-order valence-corrected chi connectivity index (χ1v) is 6.98. The van der Waals surface area contributed by atoms with Gasteiger partial charge in [-0.1, -0.05) is 6.92 Å². The van der Waals surface area contributed by atoms with Crippen LogP contribution < -0.4 is 0 Å². The van der Waals surface area contributed by atoms with E-state index < -0.39 is 5.60 Å². The van der Waals surface area contributed by atoms with Gasteiger partial charge in [0.2, 0.25) is 0 Å². The van der Waals surface area contributed by atoms with Gasteiger partial charge in [0.1, 0.15) is 0 Å². The summed E-state index contributed by atoms with van der Waals surface area (Å²) in [5.74, 6) is 2.08. The van der Waals surface area contributed by atoms with Crippen molar-refractivity contribution >= 4 is 0 Å². The smallest absolute Gasteiger partial charge is 0.0650 e. The molecule has 0 aromatic carbocycles. The Morgan fingerprint density at radius 2 is 1.56 bits per heavy atom. The van der Waals surface area contributed by atoms with E-state index >= 15 is 0 Å². The van der Waals surface area contributed by atoms with E-state index in [9.17, 15) is 10.2 Å². The highest BCUT2D eigenvalue weighted by Crippen LogP contribution is 2.56. The molecule has 2 unspecified atom stereocenters. The molecule has 3 rings (SSSR count). The molecular formula is C14H24O2. The van der Waals surface area contributed by atoms with Crippen LogP contribution in [0.3, 0.4) is 0 Å². The molecule has 2 heteroatoms. The van der Waals surface area contributed by atoms with Gasteiger partial charge in [-0.05, 0) is 69.1 Å². The van der Waals surface area contributed by atoms with Gasteiger partial charge in [-0.25, -0.2) is 0 Å². The Morgan fingerprint density at radius 3 is 2.06 bits per heavy atom. The Labute approximate surface area is 98.1 Å². The summed E-state index contributed by atoms with van der Waals surface area (Å²) in [6.07, 6.45) is 8.11. The lowest BCUT2D eigenvalue weighted by atomic mass is 9.53. The first-order chi connectivity index (χ1) is 7.54. The van der Waals surface area contributed by atoms with Gasteiger partial charge in [0.15, 0.2) is 0 Å². The lowest BCUT2D eigenvalue weighted by molar-refractivity contribution is -0.148. The third kappa shape index (κ3) is 1.62. The fraction of sp³-hybridized carbons (Fsp3) is 1.00. The highest BCUT2D eigenvalue weighted by molar-refractivity contribution is 5.04. The van der Waals surface area contributed by atoms with Crippen LogP contribution in [-0.2, 0) is 0 Å². The first-order valence-electron chi connectivity index (χ1n) is 6.98.